The summed E-state index contributed by atoms with van der Waals surface area (Å²) in [5.41, 5.74) is 2.74. The van der Waals surface area contributed by atoms with Crippen LogP contribution >= 0.6 is 0 Å². The first kappa shape index (κ1) is 14.2. The molecular weight excluding hydrogens is 210 g/mol. The Morgan fingerprint density at radius 3 is 2.00 bits per heavy atom. The van der Waals surface area contributed by atoms with Gasteiger partial charge in [-0.1, -0.05) is 45.0 Å². The van der Waals surface area contributed by atoms with Crippen LogP contribution in [0.2, 0.25) is 0 Å². The Morgan fingerprint density at radius 2 is 1.65 bits per heavy atom. The molecule has 96 valence electrons. The van der Waals surface area contributed by atoms with Crippen molar-refractivity contribution in [3.05, 3.63) is 35.4 Å². The molecule has 1 atom stereocenters. The van der Waals surface area contributed by atoms with Gasteiger partial charge in [-0.25, -0.2) is 0 Å². The largest absolute Gasteiger partial charge is 0.396 e. The van der Waals surface area contributed by atoms with E-state index in [1.807, 2.05) is 14.1 Å². The lowest BCUT2D eigenvalue weighted by molar-refractivity contribution is 0.235. The first-order valence-corrected chi connectivity index (χ1v) is 6.20. The molecule has 0 aliphatic rings. The van der Waals surface area contributed by atoms with E-state index in [0.717, 1.165) is 6.54 Å². The maximum atomic E-state index is 9.43. The zero-order valence-electron chi connectivity index (χ0n) is 11.7. The molecule has 0 aliphatic carbocycles. The molecule has 17 heavy (non-hydrogen) atoms. The number of aliphatic hydroxyl groups excluding tert-OH is 1. The van der Waals surface area contributed by atoms with Crippen LogP contribution in [-0.2, 0) is 5.41 Å². The fourth-order valence-electron chi connectivity index (χ4n) is 1.96. The molecule has 1 rings (SSSR count). The number of hydrogen-bond donors (Lipinski definition) is 1. The zero-order valence-corrected chi connectivity index (χ0v) is 11.7. The molecule has 1 N–H and O–H groups in total. The minimum absolute atomic E-state index is 0.189. The molecule has 1 unspecified atom stereocenters. The Balaban J connectivity index is 2.85. The van der Waals surface area contributed by atoms with Crippen molar-refractivity contribution in [2.45, 2.75) is 32.1 Å². The number of rotatable bonds is 4. The van der Waals surface area contributed by atoms with Gasteiger partial charge >= 0.3 is 0 Å². The molecule has 2 heteroatoms. The molecule has 1 aromatic carbocycles. The number of benzene rings is 1. The third kappa shape index (κ3) is 4.14. The van der Waals surface area contributed by atoms with Crippen LogP contribution in [0.1, 0.15) is 37.8 Å². The predicted octanol–water partition coefficient (Wildman–Crippen LogP) is 2.62. The Kier molecular flexibility index (Phi) is 4.72. The Bertz CT molecular complexity index is 335. The van der Waals surface area contributed by atoms with Crippen LogP contribution in [0.5, 0.6) is 0 Å². The summed E-state index contributed by atoms with van der Waals surface area (Å²) in [6.07, 6.45) is 0. The second-order valence-electron chi connectivity index (χ2n) is 6.01. The van der Waals surface area contributed by atoms with Gasteiger partial charge in [-0.15, -0.1) is 0 Å². The van der Waals surface area contributed by atoms with E-state index >= 15 is 0 Å². The van der Waals surface area contributed by atoms with Gasteiger partial charge in [-0.05, 0) is 30.6 Å². The van der Waals surface area contributed by atoms with E-state index in [1.165, 1.54) is 11.1 Å². The lowest BCUT2D eigenvalue weighted by Gasteiger charge is -2.22. The molecule has 0 amide bonds. The summed E-state index contributed by atoms with van der Waals surface area (Å²) in [7, 11) is 4.07. The van der Waals surface area contributed by atoms with E-state index in [4.69, 9.17) is 0 Å². The molecule has 0 radical (unpaired) electrons. The summed E-state index contributed by atoms with van der Waals surface area (Å²) < 4.78 is 0. The first-order chi connectivity index (χ1) is 7.84. The highest BCUT2D eigenvalue weighted by Crippen LogP contribution is 2.24. The highest BCUT2D eigenvalue weighted by Gasteiger charge is 2.15. The lowest BCUT2D eigenvalue weighted by Crippen LogP contribution is -2.22. The summed E-state index contributed by atoms with van der Waals surface area (Å²) in [6.45, 7) is 7.72. The van der Waals surface area contributed by atoms with Crippen LogP contribution in [0.15, 0.2) is 24.3 Å². The van der Waals surface area contributed by atoms with Gasteiger partial charge in [0.25, 0.3) is 0 Å². The Labute approximate surface area is 105 Å². The maximum Gasteiger partial charge on any atom is 0.0512 e. The highest BCUT2D eigenvalue weighted by molar-refractivity contribution is 5.29. The van der Waals surface area contributed by atoms with Gasteiger partial charge < -0.3 is 10.0 Å². The topological polar surface area (TPSA) is 23.5 Å². The average Bonchev–Trinajstić information content (AvgIpc) is 2.24. The summed E-state index contributed by atoms with van der Waals surface area (Å²) >= 11 is 0. The summed E-state index contributed by atoms with van der Waals surface area (Å²) in [5.74, 6) is 0.207. The average molecular weight is 235 g/mol. The maximum absolute atomic E-state index is 9.43. The normalized spacial score (nSPS) is 14.1. The minimum atomic E-state index is 0.189. The molecule has 0 saturated heterocycles. The van der Waals surface area contributed by atoms with Crippen molar-refractivity contribution in [3.8, 4) is 0 Å². The Hall–Kier alpha value is -0.860. The van der Waals surface area contributed by atoms with Crippen molar-refractivity contribution < 1.29 is 5.11 Å². The van der Waals surface area contributed by atoms with E-state index in [1.54, 1.807) is 0 Å². The van der Waals surface area contributed by atoms with Crippen molar-refractivity contribution in [2.75, 3.05) is 27.2 Å². The van der Waals surface area contributed by atoms with Gasteiger partial charge in [0.2, 0.25) is 0 Å². The number of nitrogens with zero attached hydrogens (tertiary/aromatic N) is 1. The molecule has 0 spiro atoms. The van der Waals surface area contributed by atoms with E-state index in [-0.39, 0.29) is 17.9 Å². The minimum Gasteiger partial charge on any atom is -0.396 e. The third-order valence-electron chi connectivity index (χ3n) is 3.05. The monoisotopic (exact) mass is 235 g/mol. The molecule has 2 nitrogen and oxygen atoms in total. The quantitative estimate of drug-likeness (QED) is 0.867. The van der Waals surface area contributed by atoms with E-state index in [2.05, 4.69) is 49.9 Å². The van der Waals surface area contributed by atoms with Gasteiger partial charge in [-0.3, -0.25) is 0 Å². The highest BCUT2D eigenvalue weighted by atomic mass is 16.3. The molecule has 0 bridgehead atoms. The van der Waals surface area contributed by atoms with Crippen LogP contribution in [0.4, 0.5) is 0 Å². The first-order valence-electron chi connectivity index (χ1n) is 6.20. The number of likely N-dealkylation sites (N-methyl/N-ethyl adjacent to an activating group) is 1. The molecule has 0 fully saturated rings. The van der Waals surface area contributed by atoms with E-state index < -0.39 is 0 Å². The smallest absolute Gasteiger partial charge is 0.0512 e. The van der Waals surface area contributed by atoms with Crippen LogP contribution in [0.25, 0.3) is 0 Å². The molecule has 0 heterocycles. The fraction of sp³-hybridized carbons (Fsp3) is 0.600. The van der Waals surface area contributed by atoms with Crippen LogP contribution in [0, 0.1) is 0 Å². The summed E-state index contributed by atoms with van der Waals surface area (Å²) in [4.78, 5) is 2.11. The van der Waals surface area contributed by atoms with Crippen molar-refractivity contribution in [3.63, 3.8) is 0 Å². The van der Waals surface area contributed by atoms with Crippen molar-refractivity contribution in [2.24, 2.45) is 0 Å². The van der Waals surface area contributed by atoms with E-state index in [0.29, 0.717) is 0 Å². The summed E-state index contributed by atoms with van der Waals surface area (Å²) in [6, 6.07) is 8.64. The number of aliphatic hydroxyl groups is 1. The number of hydrogen-bond acceptors (Lipinski definition) is 2. The second-order valence-corrected chi connectivity index (χ2v) is 6.01. The van der Waals surface area contributed by atoms with Crippen LogP contribution < -0.4 is 0 Å². The fourth-order valence-corrected chi connectivity index (χ4v) is 1.96. The lowest BCUT2D eigenvalue weighted by atomic mass is 9.85. The predicted molar refractivity (Wildman–Crippen MR) is 73.5 cm³/mol. The standard InChI is InChI=1S/C15H25NO/c1-15(2,3)14-8-6-12(7-9-14)13(11-17)10-16(4)5/h6-9,13,17H,10-11H2,1-5H3. The Morgan fingerprint density at radius 1 is 1.12 bits per heavy atom. The molecule has 0 aromatic heterocycles. The van der Waals surface area contributed by atoms with Crippen molar-refractivity contribution >= 4 is 0 Å². The van der Waals surface area contributed by atoms with Gasteiger partial charge in [0.15, 0.2) is 0 Å². The van der Waals surface area contributed by atoms with Gasteiger partial charge in [0.1, 0.15) is 0 Å². The third-order valence-corrected chi connectivity index (χ3v) is 3.05. The van der Waals surface area contributed by atoms with Crippen LogP contribution in [-0.4, -0.2) is 37.3 Å². The van der Waals surface area contributed by atoms with Gasteiger partial charge in [0.05, 0.1) is 6.61 Å². The summed E-state index contributed by atoms with van der Waals surface area (Å²) in [5, 5.41) is 9.43. The zero-order chi connectivity index (χ0) is 13.1. The van der Waals surface area contributed by atoms with Gasteiger partial charge in [0, 0.05) is 12.5 Å². The molecule has 0 aliphatic heterocycles. The molecule has 0 saturated carbocycles. The van der Waals surface area contributed by atoms with Crippen molar-refractivity contribution in [1.29, 1.82) is 0 Å². The van der Waals surface area contributed by atoms with E-state index in [9.17, 15) is 5.11 Å². The van der Waals surface area contributed by atoms with Crippen molar-refractivity contribution in [1.82, 2.24) is 4.90 Å². The second kappa shape index (κ2) is 5.65. The SMILES string of the molecule is CN(C)CC(CO)c1ccc(C(C)(C)C)cc1. The van der Waals surface area contributed by atoms with Crippen LogP contribution in [0.3, 0.4) is 0 Å². The molecule has 1 aromatic rings. The van der Waals surface area contributed by atoms with Gasteiger partial charge in [-0.2, -0.15) is 0 Å². The molecular formula is C15H25NO.